The van der Waals surface area contributed by atoms with Gasteiger partial charge in [0.05, 0.1) is 11.1 Å². The zero-order valence-corrected chi connectivity index (χ0v) is 15.9. The lowest BCUT2D eigenvalue weighted by Crippen LogP contribution is -2.14. The van der Waals surface area contributed by atoms with Crippen molar-refractivity contribution in [2.45, 2.75) is 13.1 Å². The first-order valence-corrected chi connectivity index (χ1v) is 9.13. The van der Waals surface area contributed by atoms with Crippen LogP contribution in [0.25, 0.3) is 22.0 Å². The smallest absolute Gasteiger partial charge is 0.305 e. The summed E-state index contributed by atoms with van der Waals surface area (Å²) in [6.45, 7) is 1.88. The summed E-state index contributed by atoms with van der Waals surface area (Å²) < 4.78 is 39.4. The number of carbonyl (C=O) groups excluding carboxylic acids is 1. The van der Waals surface area contributed by atoms with Crippen molar-refractivity contribution < 1.29 is 18.0 Å². The Bertz CT molecular complexity index is 1250. The Kier molecular flexibility index (Phi) is 4.95. The maximum Gasteiger partial charge on any atom is 0.416 e. The van der Waals surface area contributed by atoms with E-state index in [9.17, 15) is 18.0 Å². The van der Waals surface area contributed by atoms with Crippen LogP contribution in [0.2, 0.25) is 0 Å². The van der Waals surface area contributed by atoms with Crippen molar-refractivity contribution >= 4 is 22.6 Å². The third kappa shape index (κ3) is 4.00. The van der Waals surface area contributed by atoms with E-state index < -0.39 is 17.6 Å². The van der Waals surface area contributed by atoms with Gasteiger partial charge in [-0.1, -0.05) is 36.4 Å². The number of halogens is 3. The second-order valence-corrected chi connectivity index (χ2v) is 6.82. The summed E-state index contributed by atoms with van der Waals surface area (Å²) >= 11 is 0. The fourth-order valence-corrected chi connectivity index (χ4v) is 3.15. The molecule has 30 heavy (non-hydrogen) atoms. The van der Waals surface area contributed by atoms with E-state index in [0.717, 1.165) is 23.1 Å². The predicted molar refractivity (Wildman–Crippen MR) is 109 cm³/mol. The van der Waals surface area contributed by atoms with Crippen molar-refractivity contribution in [1.82, 2.24) is 9.97 Å². The molecular weight excluding hydrogens is 391 g/mol. The van der Waals surface area contributed by atoms with Crippen LogP contribution in [0.15, 0.2) is 72.9 Å². The van der Waals surface area contributed by atoms with Crippen molar-refractivity contribution in [3.05, 3.63) is 89.7 Å². The maximum atomic E-state index is 13.1. The molecule has 0 radical (unpaired) electrons. The number of benzene rings is 2. The summed E-state index contributed by atoms with van der Waals surface area (Å²) in [5.41, 5.74) is 1.68. The molecule has 0 aliphatic heterocycles. The summed E-state index contributed by atoms with van der Waals surface area (Å²) in [5, 5.41) is 3.41. The topological polar surface area (TPSA) is 54.9 Å². The van der Waals surface area contributed by atoms with E-state index in [1.807, 2.05) is 13.0 Å². The summed E-state index contributed by atoms with van der Waals surface area (Å²) in [7, 11) is 0. The SMILES string of the molecule is Cc1ccnc(NC(=O)c2ccc3cccc(-c4cccc(C(F)(F)F)c4)c3n2)c1. The number of hydrogen-bond acceptors (Lipinski definition) is 3. The van der Waals surface area contributed by atoms with Crippen molar-refractivity contribution in [2.75, 3.05) is 5.32 Å². The Labute approximate surface area is 170 Å². The number of pyridine rings is 2. The first-order chi connectivity index (χ1) is 14.3. The standard InChI is InChI=1S/C23H16F3N3O/c1-14-10-11-27-20(12-14)29-22(30)19-9-8-15-4-3-7-18(21(15)28-19)16-5-2-6-17(13-16)23(24,25)26/h2-13H,1H3,(H,27,29,30). The maximum absolute atomic E-state index is 13.1. The van der Waals surface area contributed by atoms with Crippen LogP contribution < -0.4 is 5.32 Å². The lowest BCUT2D eigenvalue weighted by molar-refractivity contribution is -0.137. The number of hydrogen-bond donors (Lipinski definition) is 1. The van der Waals surface area contributed by atoms with Gasteiger partial charge in [0, 0.05) is 17.1 Å². The van der Waals surface area contributed by atoms with E-state index >= 15 is 0 Å². The molecule has 2 heterocycles. The quantitative estimate of drug-likeness (QED) is 0.462. The Morgan fingerprint density at radius 2 is 1.77 bits per heavy atom. The molecule has 150 valence electrons. The van der Waals surface area contributed by atoms with Gasteiger partial charge in [-0.25, -0.2) is 9.97 Å². The highest BCUT2D eigenvalue weighted by atomic mass is 19.4. The van der Waals surface area contributed by atoms with Gasteiger partial charge in [-0.05, 0) is 48.4 Å². The Morgan fingerprint density at radius 3 is 2.53 bits per heavy atom. The van der Waals surface area contributed by atoms with Crippen LogP contribution in [0, 0.1) is 6.92 Å². The molecular formula is C23H16F3N3O. The molecule has 0 atom stereocenters. The van der Waals surface area contributed by atoms with Crippen molar-refractivity contribution in [1.29, 1.82) is 0 Å². The van der Waals surface area contributed by atoms with Gasteiger partial charge in [0.15, 0.2) is 0 Å². The number of carbonyl (C=O) groups is 1. The third-order valence-electron chi connectivity index (χ3n) is 4.61. The van der Waals surface area contributed by atoms with Crippen molar-refractivity contribution in [3.63, 3.8) is 0 Å². The van der Waals surface area contributed by atoms with Gasteiger partial charge in [0.25, 0.3) is 5.91 Å². The molecule has 4 nitrogen and oxygen atoms in total. The second-order valence-electron chi connectivity index (χ2n) is 6.82. The number of aryl methyl sites for hydroxylation is 1. The van der Waals surface area contributed by atoms with Gasteiger partial charge in [-0.3, -0.25) is 4.79 Å². The van der Waals surface area contributed by atoms with Gasteiger partial charge < -0.3 is 5.32 Å². The molecule has 0 fully saturated rings. The normalized spacial score (nSPS) is 11.5. The van der Waals surface area contributed by atoms with Gasteiger partial charge in [0.2, 0.25) is 0 Å². The molecule has 4 aromatic rings. The first-order valence-electron chi connectivity index (χ1n) is 9.13. The van der Waals surface area contributed by atoms with Crippen LogP contribution in [0.5, 0.6) is 0 Å². The van der Waals surface area contributed by atoms with Gasteiger partial charge in [-0.15, -0.1) is 0 Å². The number of nitrogens with zero attached hydrogens (tertiary/aromatic N) is 2. The van der Waals surface area contributed by atoms with Crippen LogP contribution in [-0.2, 0) is 6.18 Å². The predicted octanol–water partition coefficient (Wildman–Crippen LogP) is 5.88. The molecule has 0 spiro atoms. The second kappa shape index (κ2) is 7.59. The minimum absolute atomic E-state index is 0.144. The fraction of sp³-hybridized carbons (Fsp3) is 0.0870. The van der Waals surface area contributed by atoms with Crippen LogP contribution in [0.3, 0.4) is 0 Å². The van der Waals surface area contributed by atoms with E-state index in [2.05, 4.69) is 15.3 Å². The summed E-state index contributed by atoms with van der Waals surface area (Å²) in [6.07, 6.45) is -2.86. The van der Waals surface area contributed by atoms with Gasteiger partial charge >= 0.3 is 6.18 Å². The summed E-state index contributed by atoms with van der Waals surface area (Å²) in [5.74, 6) is -0.0538. The summed E-state index contributed by atoms with van der Waals surface area (Å²) in [4.78, 5) is 21.2. The molecule has 1 amide bonds. The number of rotatable bonds is 3. The number of nitrogens with one attached hydrogen (secondary N) is 1. The zero-order valence-electron chi connectivity index (χ0n) is 15.9. The van der Waals surface area contributed by atoms with E-state index in [-0.39, 0.29) is 5.69 Å². The van der Waals surface area contributed by atoms with Crippen LogP contribution in [0.1, 0.15) is 21.6 Å². The molecule has 1 N–H and O–H groups in total. The van der Waals surface area contributed by atoms with Gasteiger partial charge in [0.1, 0.15) is 11.5 Å². The van der Waals surface area contributed by atoms with Crippen molar-refractivity contribution in [2.24, 2.45) is 0 Å². The van der Waals surface area contributed by atoms with Crippen molar-refractivity contribution in [3.8, 4) is 11.1 Å². The Morgan fingerprint density at radius 1 is 0.967 bits per heavy atom. The number of anilines is 1. The average molecular weight is 407 g/mol. The van der Waals surface area contributed by atoms with Crippen LogP contribution >= 0.6 is 0 Å². The van der Waals surface area contributed by atoms with Crippen LogP contribution in [0.4, 0.5) is 19.0 Å². The monoisotopic (exact) mass is 407 g/mol. The van der Waals surface area contributed by atoms with E-state index in [1.165, 1.54) is 6.07 Å². The van der Waals surface area contributed by atoms with E-state index in [4.69, 9.17) is 0 Å². The number of amides is 1. The number of alkyl halides is 3. The minimum Gasteiger partial charge on any atom is -0.305 e. The summed E-state index contributed by atoms with van der Waals surface area (Å²) in [6, 6.07) is 17.1. The Balaban J connectivity index is 1.75. The lowest BCUT2D eigenvalue weighted by atomic mass is 9.99. The third-order valence-corrected chi connectivity index (χ3v) is 4.61. The zero-order chi connectivity index (χ0) is 21.3. The van der Waals surface area contributed by atoms with E-state index in [0.29, 0.717) is 22.5 Å². The minimum atomic E-state index is -4.44. The molecule has 2 aromatic carbocycles. The molecule has 7 heteroatoms. The number of aromatic nitrogens is 2. The largest absolute Gasteiger partial charge is 0.416 e. The fourth-order valence-electron chi connectivity index (χ4n) is 3.15. The van der Waals surface area contributed by atoms with E-state index in [1.54, 1.807) is 48.7 Å². The number of fused-ring (bicyclic) bond motifs is 1. The molecule has 0 saturated heterocycles. The highest BCUT2D eigenvalue weighted by Gasteiger charge is 2.30. The molecule has 0 bridgehead atoms. The average Bonchev–Trinajstić information content (AvgIpc) is 2.72. The van der Waals surface area contributed by atoms with Crippen LogP contribution in [-0.4, -0.2) is 15.9 Å². The Hall–Kier alpha value is -3.74. The molecule has 0 saturated carbocycles. The molecule has 2 aromatic heterocycles. The molecule has 0 aliphatic carbocycles. The first kappa shape index (κ1) is 19.6. The highest BCUT2D eigenvalue weighted by molar-refractivity contribution is 6.04. The number of para-hydroxylation sites is 1. The molecule has 0 aliphatic rings. The molecule has 0 unspecified atom stereocenters. The highest BCUT2D eigenvalue weighted by Crippen LogP contribution is 2.34. The lowest BCUT2D eigenvalue weighted by Gasteiger charge is -2.11. The molecule has 4 rings (SSSR count). The van der Waals surface area contributed by atoms with Gasteiger partial charge in [-0.2, -0.15) is 13.2 Å².